The second-order valence-electron chi connectivity index (χ2n) is 4.67. The maximum absolute atomic E-state index is 13.4. The van der Waals surface area contributed by atoms with Crippen molar-refractivity contribution in [1.29, 1.82) is 0 Å². The fourth-order valence-electron chi connectivity index (χ4n) is 2.16. The van der Waals surface area contributed by atoms with Crippen LogP contribution >= 0.6 is 0 Å². The molecule has 0 saturated carbocycles. The lowest BCUT2D eigenvalue weighted by Gasteiger charge is -2.07. The van der Waals surface area contributed by atoms with Crippen molar-refractivity contribution in [3.05, 3.63) is 102 Å². The Morgan fingerprint density at radius 1 is 0.667 bits per heavy atom. The summed E-state index contributed by atoms with van der Waals surface area (Å²) in [7, 11) is 0. The van der Waals surface area contributed by atoms with Crippen LogP contribution in [0.5, 0.6) is 0 Å². The van der Waals surface area contributed by atoms with Crippen molar-refractivity contribution in [2.75, 3.05) is 0 Å². The van der Waals surface area contributed by atoms with Crippen LogP contribution in [0.4, 0.5) is 10.1 Å². The monoisotopic (exact) mass is 275 g/mol. The first-order valence-corrected chi connectivity index (χ1v) is 6.78. The van der Waals surface area contributed by atoms with Gasteiger partial charge in [-0.25, -0.2) is 9.38 Å². The lowest BCUT2D eigenvalue weighted by Crippen LogP contribution is -2.02. The first-order chi connectivity index (χ1) is 10.3. The fraction of sp³-hybridized carbons (Fsp3) is 0. The Bertz CT molecular complexity index is 707. The van der Waals surface area contributed by atoms with Gasteiger partial charge in [-0.2, -0.15) is 0 Å². The van der Waals surface area contributed by atoms with Gasteiger partial charge in [0, 0.05) is 11.1 Å². The van der Waals surface area contributed by atoms with E-state index in [-0.39, 0.29) is 5.82 Å². The Kier molecular flexibility index (Phi) is 3.88. The average Bonchev–Trinajstić information content (AvgIpc) is 2.54. The van der Waals surface area contributed by atoms with Crippen LogP contribution in [0, 0.1) is 5.82 Å². The highest BCUT2D eigenvalue weighted by atomic mass is 19.1. The Balaban J connectivity index is 2.13. The molecule has 2 heteroatoms. The molecule has 0 heterocycles. The SMILES string of the molecule is Fc1cccc(N=C(c2ccccc2)c2ccccc2)c1. The van der Waals surface area contributed by atoms with E-state index in [0.717, 1.165) is 16.8 Å². The highest BCUT2D eigenvalue weighted by molar-refractivity contribution is 6.13. The van der Waals surface area contributed by atoms with Crippen molar-refractivity contribution in [1.82, 2.24) is 0 Å². The Labute approximate surface area is 123 Å². The molecule has 0 unspecified atom stereocenters. The number of rotatable bonds is 3. The third-order valence-electron chi connectivity index (χ3n) is 3.14. The Hall–Kier alpha value is -2.74. The van der Waals surface area contributed by atoms with E-state index in [1.165, 1.54) is 12.1 Å². The van der Waals surface area contributed by atoms with Crippen molar-refractivity contribution in [2.24, 2.45) is 4.99 Å². The van der Waals surface area contributed by atoms with Crippen LogP contribution in [-0.4, -0.2) is 5.71 Å². The van der Waals surface area contributed by atoms with Crippen LogP contribution in [0.15, 0.2) is 89.9 Å². The van der Waals surface area contributed by atoms with Gasteiger partial charge in [-0.05, 0) is 18.2 Å². The Morgan fingerprint density at radius 2 is 1.24 bits per heavy atom. The number of aliphatic imine (C=N–C) groups is 1. The predicted molar refractivity (Wildman–Crippen MR) is 84.6 cm³/mol. The number of nitrogens with zero attached hydrogens (tertiary/aromatic N) is 1. The second-order valence-corrected chi connectivity index (χ2v) is 4.67. The average molecular weight is 275 g/mol. The molecule has 0 aliphatic carbocycles. The van der Waals surface area contributed by atoms with Gasteiger partial charge in [0.05, 0.1) is 11.4 Å². The minimum atomic E-state index is -0.281. The van der Waals surface area contributed by atoms with Gasteiger partial charge in [0.2, 0.25) is 0 Å². The van der Waals surface area contributed by atoms with Crippen LogP contribution in [0.2, 0.25) is 0 Å². The van der Waals surface area contributed by atoms with Gasteiger partial charge in [0.15, 0.2) is 0 Å². The van der Waals surface area contributed by atoms with Gasteiger partial charge in [0.25, 0.3) is 0 Å². The molecule has 0 saturated heterocycles. The molecule has 0 fully saturated rings. The molecule has 0 bridgehead atoms. The van der Waals surface area contributed by atoms with Crippen LogP contribution in [0.3, 0.4) is 0 Å². The third kappa shape index (κ3) is 3.23. The number of benzene rings is 3. The topological polar surface area (TPSA) is 12.4 Å². The van der Waals surface area contributed by atoms with Crippen LogP contribution in [-0.2, 0) is 0 Å². The molecular formula is C19H14FN. The van der Waals surface area contributed by atoms with E-state index < -0.39 is 0 Å². The van der Waals surface area contributed by atoms with Crippen molar-refractivity contribution < 1.29 is 4.39 Å². The number of hydrogen-bond donors (Lipinski definition) is 0. The summed E-state index contributed by atoms with van der Waals surface area (Å²) in [6.07, 6.45) is 0. The van der Waals surface area contributed by atoms with Crippen molar-refractivity contribution in [3.8, 4) is 0 Å². The molecule has 102 valence electrons. The molecule has 0 aliphatic heterocycles. The van der Waals surface area contributed by atoms with Crippen molar-refractivity contribution in [3.63, 3.8) is 0 Å². The molecular weight excluding hydrogens is 261 g/mol. The van der Waals surface area contributed by atoms with Crippen LogP contribution in [0.1, 0.15) is 11.1 Å². The summed E-state index contributed by atoms with van der Waals surface area (Å²) in [5.41, 5.74) is 3.46. The summed E-state index contributed by atoms with van der Waals surface area (Å²) in [5, 5.41) is 0. The molecule has 3 aromatic rings. The number of halogens is 1. The minimum absolute atomic E-state index is 0.281. The molecule has 0 atom stereocenters. The normalized spacial score (nSPS) is 10.1. The molecule has 0 aromatic heterocycles. The summed E-state index contributed by atoms with van der Waals surface area (Å²) < 4.78 is 13.4. The van der Waals surface area contributed by atoms with Gasteiger partial charge in [-0.1, -0.05) is 66.7 Å². The summed E-state index contributed by atoms with van der Waals surface area (Å²) in [5.74, 6) is -0.281. The summed E-state index contributed by atoms with van der Waals surface area (Å²) in [6.45, 7) is 0. The number of hydrogen-bond acceptors (Lipinski definition) is 1. The lowest BCUT2D eigenvalue weighted by atomic mass is 10.0. The quantitative estimate of drug-likeness (QED) is 0.597. The first-order valence-electron chi connectivity index (χ1n) is 6.78. The maximum atomic E-state index is 13.4. The van der Waals surface area contributed by atoms with E-state index in [0.29, 0.717) is 5.69 Å². The van der Waals surface area contributed by atoms with Crippen molar-refractivity contribution >= 4 is 11.4 Å². The molecule has 21 heavy (non-hydrogen) atoms. The highest BCUT2D eigenvalue weighted by Crippen LogP contribution is 2.19. The van der Waals surface area contributed by atoms with Crippen LogP contribution in [0.25, 0.3) is 0 Å². The van der Waals surface area contributed by atoms with E-state index in [2.05, 4.69) is 4.99 Å². The van der Waals surface area contributed by atoms with Crippen LogP contribution < -0.4 is 0 Å². The summed E-state index contributed by atoms with van der Waals surface area (Å²) >= 11 is 0. The molecule has 3 aromatic carbocycles. The lowest BCUT2D eigenvalue weighted by molar-refractivity contribution is 0.628. The molecule has 1 nitrogen and oxygen atoms in total. The largest absolute Gasteiger partial charge is 0.248 e. The van der Waals surface area contributed by atoms with E-state index in [1.807, 2.05) is 60.7 Å². The summed E-state index contributed by atoms with van der Waals surface area (Å²) in [6, 6.07) is 26.2. The molecule has 0 amide bonds. The highest BCUT2D eigenvalue weighted by Gasteiger charge is 2.06. The smallest absolute Gasteiger partial charge is 0.125 e. The maximum Gasteiger partial charge on any atom is 0.125 e. The van der Waals surface area contributed by atoms with Gasteiger partial charge in [-0.15, -0.1) is 0 Å². The van der Waals surface area contributed by atoms with Gasteiger partial charge in [-0.3, -0.25) is 0 Å². The fourth-order valence-corrected chi connectivity index (χ4v) is 2.16. The molecule has 0 N–H and O–H groups in total. The first kappa shape index (κ1) is 13.3. The zero-order valence-electron chi connectivity index (χ0n) is 11.4. The second kappa shape index (κ2) is 6.14. The third-order valence-corrected chi connectivity index (χ3v) is 3.14. The molecule has 0 radical (unpaired) electrons. The molecule has 0 aliphatic rings. The Morgan fingerprint density at radius 3 is 1.76 bits per heavy atom. The zero-order valence-corrected chi connectivity index (χ0v) is 11.4. The molecule has 3 rings (SSSR count). The van der Waals surface area contributed by atoms with E-state index in [4.69, 9.17) is 0 Å². The van der Waals surface area contributed by atoms with E-state index >= 15 is 0 Å². The minimum Gasteiger partial charge on any atom is -0.248 e. The summed E-state index contributed by atoms with van der Waals surface area (Å²) in [4.78, 5) is 4.64. The van der Waals surface area contributed by atoms with Gasteiger partial charge >= 0.3 is 0 Å². The van der Waals surface area contributed by atoms with E-state index in [1.54, 1.807) is 12.1 Å². The van der Waals surface area contributed by atoms with Gasteiger partial charge in [0.1, 0.15) is 5.82 Å². The molecule has 0 spiro atoms. The van der Waals surface area contributed by atoms with E-state index in [9.17, 15) is 4.39 Å². The van der Waals surface area contributed by atoms with Crippen molar-refractivity contribution in [2.45, 2.75) is 0 Å². The standard InChI is InChI=1S/C19H14FN/c20-17-12-7-13-18(14-17)21-19(15-8-3-1-4-9-15)16-10-5-2-6-11-16/h1-14H. The van der Waals surface area contributed by atoms with Gasteiger partial charge < -0.3 is 0 Å². The predicted octanol–water partition coefficient (Wildman–Crippen LogP) is 4.99. The zero-order chi connectivity index (χ0) is 14.5.